The van der Waals surface area contributed by atoms with Crippen molar-refractivity contribution in [2.75, 3.05) is 27.4 Å². The van der Waals surface area contributed by atoms with Crippen LogP contribution in [0.4, 0.5) is 0 Å². The number of ether oxygens (including phenoxy) is 4. The molecule has 4 aromatic rings. The quantitative estimate of drug-likeness (QED) is 0.0388. The summed E-state index contributed by atoms with van der Waals surface area (Å²) in [6.45, 7) is 19.4. The van der Waals surface area contributed by atoms with E-state index < -0.39 is 52.7 Å². The Morgan fingerprint density at radius 1 is 0.864 bits per heavy atom. The molecule has 12 nitrogen and oxygen atoms in total. The van der Waals surface area contributed by atoms with Crippen molar-refractivity contribution in [2.45, 2.75) is 115 Å². The van der Waals surface area contributed by atoms with Gasteiger partial charge in [0.1, 0.15) is 35.4 Å². The highest BCUT2D eigenvalue weighted by atomic mass is 31.2. The smallest absolute Gasteiger partial charge is 0.349 e. The lowest BCUT2D eigenvalue weighted by Crippen LogP contribution is -2.50. The zero-order valence-corrected chi connectivity index (χ0v) is 38.2. The van der Waals surface area contributed by atoms with Crippen LogP contribution in [-0.2, 0) is 28.5 Å². The number of hydrogen-bond acceptors (Lipinski definition) is 11. The van der Waals surface area contributed by atoms with Gasteiger partial charge in [-0.1, -0.05) is 75.4 Å². The van der Waals surface area contributed by atoms with Gasteiger partial charge in [0.05, 0.1) is 39.9 Å². The summed E-state index contributed by atoms with van der Waals surface area (Å²) in [5.41, 5.74) is 0.949. The molecule has 59 heavy (non-hydrogen) atoms. The van der Waals surface area contributed by atoms with E-state index in [0.29, 0.717) is 11.5 Å². The minimum absolute atomic E-state index is 0.00518. The van der Waals surface area contributed by atoms with Crippen LogP contribution in [0.15, 0.2) is 102 Å². The molecule has 5 atom stereocenters. The molecule has 0 radical (unpaired) electrons. The number of nitriles is 1. The third kappa shape index (κ3) is 10.5. The second-order valence-corrected chi connectivity index (χ2v) is 22.8. The average molecular weight is 845 g/mol. The summed E-state index contributed by atoms with van der Waals surface area (Å²) in [4.78, 5) is 17.7. The van der Waals surface area contributed by atoms with Crippen LogP contribution >= 0.6 is 8.53 Å². The van der Waals surface area contributed by atoms with Crippen molar-refractivity contribution in [3.8, 4) is 17.6 Å². The monoisotopic (exact) mass is 844 g/mol. The van der Waals surface area contributed by atoms with Gasteiger partial charge >= 0.3 is 5.69 Å². The van der Waals surface area contributed by atoms with E-state index in [9.17, 15) is 10.1 Å². The van der Waals surface area contributed by atoms with E-state index in [0.717, 1.165) is 16.7 Å². The lowest BCUT2D eigenvalue weighted by molar-refractivity contribution is -0.0943. The van der Waals surface area contributed by atoms with E-state index >= 15 is 0 Å². The molecule has 3 aromatic carbocycles. The third-order valence-corrected chi connectivity index (χ3v) is 17.6. The number of nitrogens with zero attached hydrogens (tertiary/aromatic N) is 4. The molecule has 318 valence electrons. The lowest BCUT2D eigenvalue weighted by Gasteiger charge is -2.42. The van der Waals surface area contributed by atoms with Crippen LogP contribution in [0.3, 0.4) is 0 Å². The summed E-state index contributed by atoms with van der Waals surface area (Å²) in [5, 5.41) is 9.30. The molecule has 1 unspecified atom stereocenters. The summed E-state index contributed by atoms with van der Waals surface area (Å²) < 4.78 is 50.3. The first-order valence-electron chi connectivity index (χ1n) is 20.2. The second-order valence-electron chi connectivity index (χ2n) is 16.6. The highest BCUT2D eigenvalue weighted by molar-refractivity contribution is 7.44. The molecular weight excluding hydrogens is 784 g/mol. The first-order valence-corrected chi connectivity index (χ1v) is 24.2. The summed E-state index contributed by atoms with van der Waals surface area (Å²) in [5.74, 6) is 1.41. The molecule has 0 bridgehead atoms. The fourth-order valence-electron chi connectivity index (χ4n) is 7.08. The maximum Gasteiger partial charge on any atom is 0.349 e. The molecule has 0 saturated carbocycles. The standard InChI is InChI=1S/C45H61N4O8PSi/c1-32(2)49(33(3)4)58(54-30-15-27-46)56-40-39(55-42(48-29-16-28-47-43(48)50)41(40)57-59(10,11)44(5,6)7)31-53-45(34-17-13-12-14-18-34,35-19-23-37(51-8)24-20-35)36-21-25-38(52-9)26-22-36/h12-14,16-26,28-29,32-33,39-42H,15,30-31H2,1-11H3/t39-,40-,41-,42-,58?/m1/s1. The molecule has 1 fully saturated rings. The predicted molar refractivity (Wildman–Crippen MR) is 233 cm³/mol. The van der Waals surface area contributed by atoms with Crippen LogP contribution in [0.1, 0.15) is 77.8 Å². The molecular formula is C45H61N4O8PSi. The highest BCUT2D eigenvalue weighted by Gasteiger charge is 2.54. The maximum absolute atomic E-state index is 13.6. The average Bonchev–Trinajstić information content (AvgIpc) is 3.53. The summed E-state index contributed by atoms with van der Waals surface area (Å²) in [7, 11) is -1.07. The van der Waals surface area contributed by atoms with Gasteiger partial charge in [-0.15, -0.1) is 0 Å². The van der Waals surface area contributed by atoms with Gasteiger partial charge in [0.15, 0.2) is 14.5 Å². The van der Waals surface area contributed by atoms with Gasteiger partial charge < -0.3 is 32.4 Å². The molecule has 1 aliphatic heterocycles. The van der Waals surface area contributed by atoms with Crippen molar-refractivity contribution in [1.82, 2.24) is 14.2 Å². The Balaban J connectivity index is 1.72. The molecule has 0 N–H and O–H groups in total. The van der Waals surface area contributed by atoms with Crippen LogP contribution in [0, 0.1) is 11.3 Å². The van der Waals surface area contributed by atoms with Crippen LogP contribution in [-0.4, -0.2) is 80.4 Å². The molecule has 5 rings (SSSR count). The lowest BCUT2D eigenvalue weighted by atomic mass is 9.80. The van der Waals surface area contributed by atoms with Crippen molar-refractivity contribution >= 4 is 16.8 Å². The normalized spacial score (nSPS) is 19.3. The van der Waals surface area contributed by atoms with Gasteiger partial charge in [0.2, 0.25) is 0 Å². The molecule has 0 spiro atoms. The van der Waals surface area contributed by atoms with Crippen molar-refractivity contribution in [3.63, 3.8) is 0 Å². The van der Waals surface area contributed by atoms with Crippen LogP contribution in [0.5, 0.6) is 11.5 Å². The number of rotatable bonds is 19. The SMILES string of the molecule is COc1ccc(C(OC[C@H]2O[C@@H](n3cccnc3=O)[C@H](O[Si](C)(C)C(C)(C)C)[C@@H]2OP(OCCC#N)N(C(C)C)C(C)C)(c2ccccc2)c2ccc(OC)cc2)cc1. The molecule has 14 heteroatoms. The van der Waals surface area contributed by atoms with Crippen LogP contribution < -0.4 is 15.2 Å². The van der Waals surface area contributed by atoms with E-state index in [1.165, 1.54) is 10.8 Å². The minimum atomic E-state index is -2.57. The fourth-order valence-corrected chi connectivity index (χ4v) is 10.1. The maximum atomic E-state index is 13.6. The van der Waals surface area contributed by atoms with Crippen molar-refractivity contribution in [3.05, 3.63) is 124 Å². The predicted octanol–water partition coefficient (Wildman–Crippen LogP) is 9.22. The Labute approximate surface area is 352 Å². The van der Waals surface area contributed by atoms with Crippen molar-refractivity contribution < 1.29 is 32.4 Å². The van der Waals surface area contributed by atoms with Crippen LogP contribution in [0.2, 0.25) is 18.1 Å². The van der Waals surface area contributed by atoms with Gasteiger partial charge in [-0.25, -0.2) is 14.4 Å². The second kappa shape index (κ2) is 20.1. The zero-order valence-electron chi connectivity index (χ0n) is 36.3. The Bertz CT molecular complexity index is 1960. The first-order chi connectivity index (χ1) is 28.1. The summed E-state index contributed by atoms with van der Waals surface area (Å²) in [6, 6.07) is 29.7. The minimum Gasteiger partial charge on any atom is -0.497 e. The molecule has 2 heterocycles. The summed E-state index contributed by atoms with van der Waals surface area (Å²) in [6.07, 6.45) is 0.0640. The van der Waals surface area contributed by atoms with Crippen molar-refractivity contribution in [2.24, 2.45) is 0 Å². The van der Waals surface area contributed by atoms with Gasteiger partial charge in [-0.05, 0) is 92.8 Å². The van der Waals surface area contributed by atoms with Gasteiger partial charge in [-0.2, -0.15) is 5.26 Å². The highest BCUT2D eigenvalue weighted by Crippen LogP contribution is 2.52. The van der Waals surface area contributed by atoms with Gasteiger partial charge in [0.25, 0.3) is 8.53 Å². The Hall–Kier alpha value is -3.96. The largest absolute Gasteiger partial charge is 0.497 e. The molecule has 1 saturated heterocycles. The first kappa shape index (κ1) is 46.1. The molecule has 1 aromatic heterocycles. The fraction of sp³-hybridized carbons (Fsp3) is 0.489. The van der Waals surface area contributed by atoms with Gasteiger partial charge in [-0.3, -0.25) is 4.57 Å². The van der Waals surface area contributed by atoms with Crippen molar-refractivity contribution in [1.29, 1.82) is 5.26 Å². The molecule has 0 amide bonds. The molecule has 0 aliphatic carbocycles. The number of hydrogen-bond donors (Lipinski definition) is 0. The number of aromatic nitrogens is 2. The van der Waals surface area contributed by atoms with E-state index in [1.54, 1.807) is 26.5 Å². The Morgan fingerprint density at radius 2 is 1.42 bits per heavy atom. The van der Waals surface area contributed by atoms with Gasteiger partial charge in [0, 0.05) is 24.5 Å². The van der Waals surface area contributed by atoms with Crippen LogP contribution in [0.25, 0.3) is 0 Å². The van der Waals surface area contributed by atoms with E-state index in [-0.39, 0.29) is 36.8 Å². The van der Waals surface area contributed by atoms with E-state index in [2.05, 4.69) is 77.3 Å². The van der Waals surface area contributed by atoms with E-state index in [1.807, 2.05) is 78.9 Å². The summed E-state index contributed by atoms with van der Waals surface area (Å²) >= 11 is 0. The number of benzene rings is 3. The molecule has 1 aliphatic rings. The zero-order chi connectivity index (χ0) is 43.0. The Kier molecular flexibility index (Phi) is 15.7. The Morgan fingerprint density at radius 3 is 1.92 bits per heavy atom. The van der Waals surface area contributed by atoms with E-state index in [4.69, 9.17) is 32.4 Å². The third-order valence-electron chi connectivity index (χ3n) is 11.0. The number of methoxy groups -OCH3 is 2. The topological polar surface area (TPSA) is 127 Å².